The van der Waals surface area contributed by atoms with E-state index in [-0.39, 0.29) is 42.5 Å². The molecule has 0 radical (unpaired) electrons. The van der Waals surface area contributed by atoms with Gasteiger partial charge in [0.25, 0.3) is 0 Å². The molecule has 1 saturated heterocycles. The number of rotatable bonds is 6. The van der Waals surface area contributed by atoms with Crippen LogP contribution in [0.15, 0.2) is 48.5 Å². The van der Waals surface area contributed by atoms with Gasteiger partial charge in [-0.25, -0.2) is 0 Å². The lowest BCUT2D eigenvalue weighted by molar-refractivity contribution is -0.140. The number of amides is 3. The van der Waals surface area contributed by atoms with E-state index in [1.165, 1.54) is 4.90 Å². The number of likely N-dealkylation sites (tertiary alicyclic amines) is 1. The van der Waals surface area contributed by atoms with Crippen LogP contribution in [-0.4, -0.2) is 29.2 Å². The number of aryl methyl sites for hydroxylation is 1. The number of nitrogens with one attached hydrogen (secondary N) is 1. The first kappa shape index (κ1) is 20.1. The Balaban J connectivity index is 1.29. The van der Waals surface area contributed by atoms with E-state index in [1.807, 2.05) is 31.2 Å². The van der Waals surface area contributed by atoms with E-state index in [2.05, 4.69) is 5.32 Å². The molecule has 2 aromatic rings. The van der Waals surface area contributed by atoms with E-state index in [9.17, 15) is 14.4 Å². The van der Waals surface area contributed by atoms with Crippen LogP contribution >= 0.6 is 0 Å². The van der Waals surface area contributed by atoms with Crippen molar-refractivity contribution >= 4 is 23.4 Å². The Morgan fingerprint density at radius 2 is 1.67 bits per heavy atom. The first-order valence-electron chi connectivity index (χ1n) is 10.5. The van der Waals surface area contributed by atoms with Gasteiger partial charge < -0.3 is 10.1 Å². The van der Waals surface area contributed by atoms with Gasteiger partial charge >= 0.3 is 0 Å². The van der Waals surface area contributed by atoms with Gasteiger partial charge in [-0.2, -0.15) is 0 Å². The van der Waals surface area contributed by atoms with Crippen molar-refractivity contribution in [2.24, 2.45) is 11.8 Å². The summed E-state index contributed by atoms with van der Waals surface area (Å²) in [6, 6.07) is 14.9. The van der Waals surface area contributed by atoms with Crippen LogP contribution in [-0.2, 0) is 14.4 Å². The Morgan fingerprint density at radius 3 is 2.30 bits per heavy atom. The van der Waals surface area contributed by atoms with Crippen LogP contribution in [0.1, 0.15) is 37.7 Å². The Labute approximate surface area is 176 Å². The SMILES string of the molecule is Cc1cccc(Oc2ccc(NC(=O)CCN3C(=O)C4CCCCC4C3=O)cc2)c1. The number of benzene rings is 2. The molecular formula is C24H26N2O4. The predicted molar refractivity (Wildman–Crippen MR) is 113 cm³/mol. The minimum Gasteiger partial charge on any atom is -0.457 e. The number of fused-ring (bicyclic) bond motifs is 1. The molecule has 2 aromatic carbocycles. The van der Waals surface area contributed by atoms with Gasteiger partial charge in [-0.1, -0.05) is 25.0 Å². The lowest BCUT2D eigenvalue weighted by Crippen LogP contribution is -2.34. The summed E-state index contributed by atoms with van der Waals surface area (Å²) in [6.45, 7) is 2.15. The minimum absolute atomic E-state index is 0.0957. The van der Waals surface area contributed by atoms with Crippen LogP contribution in [0.3, 0.4) is 0 Å². The van der Waals surface area contributed by atoms with E-state index in [0.29, 0.717) is 11.4 Å². The molecule has 2 fully saturated rings. The number of ether oxygens (including phenoxy) is 1. The van der Waals surface area contributed by atoms with Gasteiger partial charge in [0.1, 0.15) is 11.5 Å². The summed E-state index contributed by atoms with van der Waals surface area (Å²) < 4.78 is 5.81. The first-order valence-corrected chi connectivity index (χ1v) is 10.5. The molecule has 2 atom stereocenters. The van der Waals surface area contributed by atoms with Crippen LogP contribution in [0.4, 0.5) is 5.69 Å². The smallest absolute Gasteiger partial charge is 0.233 e. The molecular weight excluding hydrogens is 380 g/mol. The maximum absolute atomic E-state index is 12.5. The van der Waals surface area contributed by atoms with Crippen molar-refractivity contribution < 1.29 is 19.1 Å². The van der Waals surface area contributed by atoms with Gasteiger partial charge in [0.2, 0.25) is 17.7 Å². The van der Waals surface area contributed by atoms with Crippen LogP contribution in [0, 0.1) is 18.8 Å². The monoisotopic (exact) mass is 406 g/mol. The summed E-state index contributed by atoms with van der Waals surface area (Å²) in [7, 11) is 0. The lowest BCUT2D eigenvalue weighted by atomic mass is 9.81. The highest BCUT2D eigenvalue weighted by Gasteiger charge is 2.47. The zero-order valence-corrected chi connectivity index (χ0v) is 17.1. The summed E-state index contributed by atoms with van der Waals surface area (Å²) in [4.78, 5) is 38.6. The third kappa shape index (κ3) is 4.37. The average Bonchev–Trinajstić information content (AvgIpc) is 2.98. The first-order chi connectivity index (χ1) is 14.5. The van der Waals surface area contributed by atoms with Crippen molar-refractivity contribution in [3.63, 3.8) is 0 Å². The molecule has 30 heavy (non-hydrogen) atoms. The molecule has 1 saturated carbocycles. The van der Waals surface area contributed by atoms with Gasteiger partial charge in [-0.3, -0.25) is 19.3 Å². The van der Waals surface area contributed by atoms with Crippen LogP contribution in [0.25, 0.3) is 0 Å². The standard InChI is InChI=1S/C24H26N2O4/c1-16-5-4-6-19(15-16)30-18-11-9-17(10-12-18)25-22(27)13-14-26-23(28)20-7-2-3-8-21(20)24(26)29/h4-6,9-12,15,20-21H,2-3,7-8,13-14H2,1H3,(H,25,27). The highest BCUT2D eigenvalue weighted by Crippen LogP contribution is 2.38. The molecule has 6 nitrogen and oxygen atoms in total. The van der Waals surface area contributed by atoms with Crippen molar-refractivity contribution in [1.29, 1.82) is 0 Å². The highest BCUT2D eigenvalue weighted by molar-refractivity contribution is 6.05. The van der Waals surface area contributed by atoms with Crippen molar-refractivity contribution in [1.82, 2.24) is 4.90 Å². The molecule has 4 rings (SSSR count). The van der Waals surface area contributed by atoms with Crippen molar-refractivity contribution in [2.45, 2.75) is 39.0 Å². The third-order valence-corrected chi connectivity index (χ3v) is 5.86. The topological polar surface area (TPSA) is 75.7 Å². The maximum Gasteiger partial charge on any atom is 0.233 e. The fraction of sp³-hybridized carbons (Fsp3) is 0.375. The molecule has 1 aliphatic heterocycles. The van der Waals surface area contributed by atoms with E-state index >= 15 is 0 Å². The lowest BCUT2D eigenvalue weighted by Gasteiger charge is -2.19. The molecule has 156 valence electrons. The Morgan fingerprint density at radius 1 is 1.00 bits per heavy atom. The van der Waals surface area contributed by atoms with Crippen molar-refractivity contribution in [3.05, 3.63) is 54.1 Å². The molecule has 1 N–H and O–H groups in total. The van der Waals surface area contributed by atoms with E-state index < -0.39 is 0 Å². The van der Waals surface area contributed by atoms with E-state index in [1.54, 1.807) is 24.3 Å². The minimum atomic E-state index is -0.224. The molecule has 3 amide bonds. The number of carbonyl (C=O) groups is 3. The fourth-order valence-electron chi connectivity index (χ4n) is 4.31. The highest BCUT2D eigenvalue weighted by atomic mass is 16.5. The number of hydrogen-bond donors (Lipinski definition) is 1. The zero-order valence-electron chi connectivity index (χ0n) is 17.1. The summed E-state index contributed by atoms with van der Waals surface area (Å²) >= 11 is 0. The molecule has 0 spiro atoms. The predicted octanol–water partition coefficient (Wildman–Crippen LogP) is 4.29. The van der Waals surface area contributed by atoms with Crippen LogP contribution in [0.5, 0.6) is 11.5 Å². The van der Waals surface area contributed by atoms with Crippen LogP contribution < -0.4 is 10.1 Å². The van der Waals surface area contributed by atoms with Crippen molar-refractivity contribution in [2.75, 3.05) is 11.9 Å². The zero-order chi connectivity index (χ0) is 21.1. The normalized spacial score (nSPS) is 20.8. The quantitative estimate of drug-likeness (QED) is 0.726. The number of hydrogen-bond acceptors (Lipinski definition) is 4. The Kier molecular flexibility index (Phi) is 5.84. The maximum atomic E-state index is 12.5. The van der Waals surface area contributed by atoms with Gasteiger partial charge in [-0.15, -0.1) is 0 Å². The molecule has 1 aliphatic carbocycles. The Hall–Kier alpha value is -3.15. The number of nitrogens with zero attached hydrogens (tertiary/aromatic N) is 1. The summed E-state index contributed by atoms with van der Waals surface area (Å²) in [5, 5.41) is 2.81. The molecule has 2 unspecified atom stereocenters. The summed E-state index contributed by atoms with van der Waals surface area (Å²) in [5.41, 5.74) is 1.76. The second-order valence-corrected chi connectivity index (χ2v) is 8.07. The number of imide groups is 1. The van der Waals surface area contributed by atoms with Gasteiger partial charge in [0, 0.05) is 18.7 Å². The average molecular weight is 406 g/mol. The fourth-order valence-corrected chi connectivity index (χ4v) is 4.31. The van der Waals surface area contributed by atoms with Crippen molar-refractivity contribution in [3.8, 4) is 11.5 Å². The summed E-state index contributed by atoms with van der Waals surface area (Å²) in [5.74, 6) is 0.662. The second kappa shape index (κ2) is 8.69. The molecule has 0 aromatic heterocycles. The van der Waals surface area contributed by atoms with E-state index in [4.69, 9.17) is 4.74 Å². The van der Waals surface area contributed by atoms with Crippen LogP contribution in [0.2, 0.25) is 0 Å². The Bertz CT molecular complexity index is 930. The molecule has 2 aliphatic rings. The number of anilines is 1. The third-order valence-electron chi connectivity index (χ3n) is 5.86. The number of carbonyl (C=O) groups excluding carboxylic acids is 3. The summed E-state index contributed by atoms with van der Waals surface area (Å²) in [6.07, 6.45) is 3.67. The second-order valence-electron chi connectivity index (χ2n) is 8.07. The van der Waals surface area contributed by atoms with Gasteiger partial charge in [0.05, 0.1) is 11.8 Å². The van der Waals surface area contributed by atoms with Gasteiger partial charge in [0.15, 0.2) is 0 Å². The van der Waals surface area contributed by atoms with Gasteiger partial charge in [-0.05, 0) is 61.7 Å². The largest absolute Gasteiger partial charge is 0.457 e. The molecule has 6 heteroatoms. The van der Waals surface area contributed by atoms with E-state index in [0.717, 1.165) is 37.0 Å². The molecule has 1 heterocycles. The molecule has 0 bridgehead atoms.